The lowest BCUT2D eigenvalue weighted by Gasteiger charge is -2.37. The van der Waals surface area contributed by atoms with Gasteiger partial charge in [-0.25, -0.2) is 23.5 Å². The van der Waals surface area contributed by atoms with Crippen LogP contribution in [-0.2, 0) is 16.3 Å². The molecular weight excluding hydrogens is 514 g/mol. The minimum atomic E-state index is -2.41. The van der Waals surface area contributed by atoms with E-state index in [1.165, 1.54) is 10.9 Å². The smallest absolute Gasteiger partial charge is 0.278 e. The topological polar surface area (TPSA) is 122 Å². The van der Waals surface area contributed by atoms with E-state index < -0.39 is 9.73 Å². The Kier molecular flexibility index (Phi) is 7.23. The molecule has 5 rings (SSSR count). The Morgan fingerprint density at radius 3 is 2.51 bits per heavy atom. The van der Waals surface area contributed by atoms with Crippen molar-refractivity contribution in [2.24, 2.45) is 4.36 Å². The Morgan fingerprint density at radius 2 is 1.85 bits per heavy atom. The molecule has 0 aliphatic carbocycles. The highest BCUT2D eigenvalue weighted by molar-refractivity contribution is 7.92. The summed E-state index contributed by atoms with van der Waals surface area (Å²) >= 11 is 0. The monoisotopic (exact) mass is 547 g/mol. The normalized spacial score (nSPS) is 17.8. The third-order valence-electron chi connectivity index (χ3n) is 6.27. The van der Waals surface area contributed by atoms with Crippen LogP contribution in [-0.4, -0.2) is 66.2 Å². The quantitative estimate of drug-likeness (QED) is 0.338. The van der Waals surface area contributed by atoms with Crippen LogP contribution >= 0.6 is 0 Å². The average molecular weight is 548 g/mol. The fourth-order valence-electron chi connectivity index (χ4n) is 4.84. The number of benzene rings is 1. The summed E-state index contributed by atoms with van der Waals surface area (Å²) in [7, 11) is -2.41. The summed E-state index contributed by atoms with van der Waals surface area (Å²) in [5, 5.41) is 7.15. The number of hydrogen-bond acceptors (Lipinski definition) is 9. The Labute approximate surface area is 227 Å². The molecule has 0 amide bonds. The summed E-state index contributed by atoms with van der Waals surface area (Å²) in [6.07, 6.45) is 6.23. The highest BCUT2D eigenvalue weighted by Crippen LogP contribution is 2.23. The van der Waals surface area contributed by atoms with Crippen molar-refractivity contribution in [2.45, 2.75) is 32.5 Å². The van der Waals surface area contributed by atoms with Gasteiger partial charge in [-0.05, 0) is 50.2 Å². The summed E-state index contributed by atoms with van der Waals surface area (Å²) in [5.74, 6) is 1.07. The molecule has 11 nitrogen and oxygen atoms in total. The Morgan fingerprint density at radius 1 is 1.13 bits per heavy atom. The van der Waals surface area contributed by atoms with E-state index in [1.807, 2.05) is 12.1 Å². The highest BCUT2D eigenvalue weighted by atomic mass is 32.2. The molecule has 4 heterocycles. The van der Waals surface area contributed by atoms with E-state index in [0.29, 0.717) is 40.7 Å². The van der Waals surface area contributed by atoms with Crippen molar-refractivity contribution >= 4 is 43.9 Å². The number of nitrogens with zero attached hydrogens (tertiary/aromatic N) is 7. The Bertz CT molecular complexity index is 1680. The second-order valence-electron chi connectivity index (χ2n) is 10.1. The summed E-state index contributed by atoms with van der Waals surface area (Å²) < 4.78 is 19.5. The van der Waals surface area contributed by atoms with Gasteiger partial charge in [-0.1, -0.05) is 12.1 Å². The zero-order valence-corrected chi connectivity index (χ0v) is 23.4. The van der Waals surface area contributed by atoms with Crippen molar-refractivity contribution in [1.29, 1.82) is 0 Å². The second kappa shape index (κ2) is 10.6. The van der Waals surface area contributed by atoms with Crippen LogP contribution in [0.2, 0.25) is 0 Å². The summed E-state index contributed by atoms with van der Waals surface area (Å²) in [6.45, 7) is 10.3. The standard InChI is InChI=1S/C27H33N9O2S/c1-6-14-35-26(37)22-15-28-27(30-20-10-12-21(13-11-20)34-16-18(2)29-19(3)17-34)32-25(22)36(35)24-9-7-8-23(31-24)33-39(4,5)38/h6-13,15,18-19,29H,1,14,16-17H2,2-5H3,(H,28,30,32)/t18-,19+. The molecule has 0 bridgehead atoms. The molecule has 12 heteroatoms. The molecule has 1 aliphatic heterocycles. The zero-order chi connectivity index (χ0) is 27.7. The van der Waals surface area contributed by atoms with Gasteiger partial charge in [-0.2, -0.15) is 9.35 Å². The van der Waals surface area contributed by atoms with Crippen LogP contribution < -0.4 is 21.1 Å². The minimum Gasteiger partial charge on any atom is -0.368 e. The number of nitrogens with one attached hydrogen (secondary N) is 2. The van der Waals surface area contributed by atoms with Gasteiger partial charge in [0.25, 0.3) is 5.56 Å². The van der Waals surface area contributed by atoms with E-state index in [9.17, 15) is 9.00 Å². The summed E-state index contributed by atoms with van der Waals surface area (Å²) in [6, 6.07) is 14.2. The molecule has 204 valence electrons. The van der Waals surface area contributed by atoms with Crippen LogP contribution in [0.3, 0.4) is 0 Å². The Hall–Kier alpha value is -4.03. The third kappa shape index (κ3) is 5.86. The molecule has 0 radical (unpaired) electrons. The third-order valence-corrected chi connectivity index (χ3v) is 6.90. The molecule has 4 aromatic rings. The molecule has 1 fully saturated rings. The molecule has 0 saturated carbocycles. The number of allylic oxidation sites excluding steroid dienone is 1. The van der Waals surface area contributed by atoms with Crippen molar-refractivity contribution in [3.05, 3.63) is 71.7 Å². The van der Waals surface area contributed by atoms with Gasteiger partial charge in [0.15, 0.2) is 17.3 Å². The van der Waals surface area contributed by atoms with Crippen molar-refractivity contribution < 1.29 is 4.21 Å². The lowest BCUT2D eigenvalue weighted by Crippen LogP contribution is -2.54. The van der Waals surface area contributed by atoms with Crippen molar-refractivity contribution in [3.8, 4) is 5.82 Å². The van der Waals surface area contributed by atoms with E-state index in [2.05, 4.69) is 67.4 Å². The number of piperazine rings is 1. The maximum absolute atomic E-state index is 13.2. The van der Waals surface area contributed by atoms with Gasteiger partial charge in [0.1, 0.15) is 5.39 Å². The van der Waals surface area contributed by atoms with Crippen molar-refractivity contribution in [2.75, 3.05) is 35.8 Å². The molecule has 39 heavy (non-hydrogen) atoms. The highest BCUT2D eigenvalue weighted by Gasteiger charge is 2.21. The fraction of sp³-hybridized carbons (Fsp3) is 0.333. The minimum absolute atomic E-state index is 0.240. The number of rotatable bonds is 7. The van der Waals surface area contributed by atoms with Crippen LogP contribution in [0.1, 0.15) is 13.8 Å². The van der Waals surface area contributed by atoms with Gasteiger partial charge in [0.2, 0.25) is 5.95 Å². The van der Waals surface area contributed by atoms with Crippen LogP contribution in [0.15, 0.2) is 70.5 Å². The van der Waals surface area contributed by atoms with E-state index in [4.69, 9.17) is 0 Å². The first-order chi connectivity index (χ1) is 18.6. The zero-order valence-electron chi connectivity index (χ0n) is 22.5. The summed E-state index contributed by atoms with van der Waals surface area (Å²) in [5.41, 5.74) is 2.11. The van der Waals surface area contributed by atoms with Gasteiger partial charge < -0.3 is 15.5 Å². The Balaban J connectivity index is 1.50. The second-order valence-corrected chi connectivity index (χ2v) is 12.6. The summed E-state index contributed by atoms with van der Waals surface area (Å²) in [4.78, 5) is 29.2. The number of aromatic nitrogens is 5. The molecule has 1 aliphatic rings. The molecule has 1 aromatic carbocycles. The molecule has 2 atom stereocenters. The molecular formula is C27H33N9O2S. The predicted molar refractivity (Wildman–Crippen MR) is 157 cm³/mol. The molecule has 0 spiro atoms. The first-order valence-electron chi connectivity index (χ1n) is 12.7. The number of pyridine rings is 1. The van der Waals surface area contributed by atoms with Gasteiger partial charge in [0, 0.05) is 65.0 Å². The SMILES string of the molecule is C=CCn1c(=O)c2cnc(Nc3ccc(N4C[C@@H](C)N[C@@H](C)C4)cc3)nc2n1-c1cccc(N=S(C)(C)=O)n1. The van der Waals surface area contributed by atoms with Crippen LogP contribution in [0.5, 0.6) is 0 Å². The lowest BCUT2D eigenvalue weighted by molar-refractivity contribution is 0.407. The lowest BCUT2D eigenvalue weighted by atomic mass is 10.1. The molecule has 1 saturated heterocycles. The van der Waals surface area contributed by atoms with Gasteiger partial charge >= 0.3 is 0 Å². The van der Waals surface area contributed by atoms with E-state index in [0.717, 1.165) is 24.5 Å². The van der Waals surface area contributed by atoms with E-state index in [1.54, 1.807) is 41.5 Å². The van der Waals surface area contributed by atoms with E-state index >= 15 is 0 Å². The van der Waals surface area contributed by atoms with E-state index in [-0.39, 0.29) is 12.1 Å². The molecule has 2 N–H and O–H groups in total. The van der Waals surface area contributed by atoms with Crippen molar-refractivity contribution in [1.82, 2.24) is 29.6 Å². The van der Waals surface area contributed by atoms with Crippen LogP contribution in [0.25, 0.3) is 16.9 Å². The maximum atomic E-state index is 13.2. The van der Waals surface area contributed by atoms with Crippen LogP contribution in [0, 0.1) is 0 Å². The first kappa shape index (κ1) is 26.6. The predicted octanol–water partition coefficient (Wildman–Crippen LogP) is 3.45. The van der Waals surface area contributed by atoms with Crippen LogP contribution in [0.4, 0.5) is 23.1 Å². The number of anilines is 3. The maximum Gasteiger partial charge on any atom is 0.278 e. The van der Waals surface area contributed by atoms with Gasteiger partial charge in [-0.15, -0.1) is 6.58 Å². The molecule has 0 unspecified atom stereocenters. The molecule has 3 aromatic heterocycles. The first-order valence-corrected chi connectivity index (χ1v) is 15.1. The van der Waals surface area contributed by atoms with Gasteiger partial charge in [-0.3, -0.25) is 4.79 Å². The average Bonchev–Trinajstić information content (AvgIpc) is 3.14. The van der Waals surface area contributed by atoms with Gasteiger partial charge in [0.05, 0.1) is 6.54 Å². The fourth-order valence-corrected chi connectivity index (χ4v) is 5.39. The largest absolute Gasteiger partial charge is 0.368 e. The van der Waals surface area contributed by atoms with Crippen molar-refractivity contribution in [3.63, 3.8) is 0 Å². The number of fused-ring (bicyclic) bond motifs is 1. The number of hydrogen-bond donors (Lipinski definition) is 2.